The number of carbonyl (C=O) groups is 1. The van der Waals surface area contributed by atoms with E-state index in [-0.39, 0.29) is 19.0 Å². The molecule has 0 radical (unpaired) electrons. The molecule has 0 aromatic heterocycles. The summed E-state index contributed by atoms with van der Waals surface area (Å²) in [6, 6.07) is 0.252. The Bertz CT molecular complexity index is 212. The van der Waals surface area contributed by atoms with Crippen LogP contribution in [0.5, 0.6) is 0 Å². The summed E-state index contributed by atoms with van der Waals surface area (Å²) < 4.78 is 5.63. The molecule has 0 saturated heterocycles. The Labute approximate surface area is 108 Å². The van der Waals surface area contributed by atoms with Crippen LogP contribution in [-0.2, 0) is 9.53 Å². The van der Waals surface area contributed by atoms with Gasteiger partial charge in [-0.15, -0.1) is 0 Å². The second-order valence-corrected chi connectivity index (χ2v) is 5.85. The summed E-state index contributed by atoms with van der Waals surface area (Å²) in [4.78, 5) is 11.3. The molecule has 0 fully saturated rings. The molecule has 3 nitrogen and oxygen atoms in total. The van der Waals surface area contributed by atoms with Crippen molar-refractivity contribution in [2.45, 2.75) is 78.4 Å². The van der Waals surface area contributed by atoms with Gasteiger partial charge in [0.2, 0.25) is 5.91 Å². The zero-order valence-corrected chi connectivity index (χ0v) is 12.1. The maximum Gasteiger partial charge on any atom is 0.220 e. The molecule has 1 N–H and O–H groups in total. The van der Waals surface area contributed by atoms with Gasteiger partial charge in [0.15, 0.2) is 0 Å². The molecule has 0 heterocycles. The van der Waals surface area contributed by atoms with E-state index in [4.69, 9.17) is 4.74 Å². The largest absolute Gasteiger partial charge is 0.376 e. The van der Waals surface area contributed by atoms with Gasteiger partial charge in [0.1, 0.15) is 0 Å². The molecule has 104 valence electrons. The maximum absolute atomic E-state index is 11.3. The third kappa shape index (κ3) is 13.4. The molecule has 0 atom stereocenters. The summed E-state index contributed by atoms with van der Waals surface area (Å²) in [6.07, 6.45) is 4.97. The predicted octanol–water partition coefficient (Wildman–Crippen LogP) is 3.52. The van der Waals surface area contributed by atoms with Gasteiger partial charge in [0, 0.05) is 20.5 Å². The first-order valence-electron chi connectivity index (χ1n) is 6.74. The quantitative estimate of drug-likeness (QED) is 0.664. The standard InChI is InChI=1S/C14H29NO2.H2/c1-12(2)15-13(16)10-8-6-7-9-11-17-14(3,4)5;/h12H,6-11H2,1-5H3,(H,15,16);1H. The first kappa shape index (κ1) is 16.4. The summed E-state index contributed by atoms with van der Waals surface area (Å²) in [5, 5.41) is 2.90. The van der Waals surface area contributed by atoms with E-state index in [9.17, 15) is 4.79 Å². The second-order valence-electron chi connectivity index (χ2n) is 5.85. The van der Waals surface area contributed by atoms with Crippen LogP contribution in [0.25, 0.3) is 0 Å². The highest BCUT2D eigenvalue weighted by Gasteiger charge is 2.08. The van der Waals surface area contributed by atoms with Crippen LogP contribution in [0.2, 0.25) is 0 Å². The van der Waals surface area contributed by atoms with Crippen LogP contribution in [0.1, 0.15) is 68.1 Å². The van der Waals surface area contributed by atoms with E-state index >= 15 is 0 Å². The summed E-state index contributed by atoms with van der Waals surface area (Å²) >= 11 is 0. The summed E-state index contributed by atoms with van der Waals surface area (Å²) in [7, 11) is 0. The van der Waals surface area contributed by atoms with E-state index in [2.05, 4.69) is 26.1 Å². The minimum Gasteiger partial charge on any atom is -0.376 e. The number of nitrogens with one attached hydrogen (secondary N) is 1. The van der Waals surface area contributed by atoms with E-state index in [0.29, 0.717) is 6.42 Å². The highest BCUT2D eigenvalue weighted by Crippen LogP contribution is 2.09. The van der Waals surface area contributed by atoms with E-state index < -0.39 is 0 Å². The molecule has 17 heavy (non-hydrogen) atoms. The third-order valence-electron chi connectivity index (χ3n) is 2.28. The molecular formula is C14H31NO2. The Kier molecular flexibility index (Phi) is 8.23. The van der Waals surface area contributed by atoms with E-state index in [1.165, 1.54) is 0 Å². The monoisotopic (exact) mass is 245 g/mol. The minimum absolute atomic E-state index is 0. The van der Waals surface area contributed by atoms with Gasteiger partial charge in [0.25, 0.3) is 0 Å². The molecule has 3 heteroatoms. The van der Waals surface area contributed by atoms with Gasteiger partial charge in [-0.1, -0.05) is 12.8 Å². The molecule has 0 spiro atoms. The van der Waals surface area contributed by atoms with Gasteiger partial charge in [-0.25, -0.2) is 0 Å². The topological polar surface area (TPSA) is 38.3 Å². The van der Waals surface area contributed by atoms with Gasteiger partial charge >= 0.3 is 0 Å². The minimum atomic E-state index is -0.0306. The third-order valence-corrected chi connectivity index (χ3v) is 2.28. The van der Waals surface area contributed by atoms with Crippen molar-refractivity contribution in [1.29, 1.82) is 0 Å². The molecular weight excluding hydrogens is 214 g/mol. The van der Waals surface area contributed by atoms with Crippen molar-refractivity contribution in [3.8, 4) is 0 Å². The number of rotatable bonds is 8. The lowest BCUT2D eigenvalue weighted by molar-refractivity contribution is -0.121. The van der Waals surface area contributed by atoms with Crippen molar-refractivity contribution in [3.05, 3.63) is 0 Å². The molecule has 0 aliphatic carbocycles. The molecule has 0 aliphatic rings. The number of amides is 1. The first-order valence-corrected chi connectivity index (χ1v) is 6.74. The van der Waals surface area contributed by atoms with E-state index in [0.717, 1.165) is 32.3 Å². The van der Waals surface area contributed by atoms with Crippen molar-refractivity contribution >= 4 is 5.91 Å². The van der Waals surface area contributed by atoms with Gasteiger partial charge in [0.05, 0.1) is 5.60 Å². The number of hydrogen-bond donors (Lipinski definition) is 1. The van der Waals surface area contributed by atoms with Crippen LogP contribution in [0.3, 0.4) is 0 Å². The fourth-order valence-corrected chi connectivity index (χ4v) is 1.51. The fourth-order valence-electron chi connectivity index (χ4n) is 1.51. The lowest BCUT2D eigenvalue weighted by Gasteiger charge is -2.19. The van der Waals surface area contributed by atoms with Crippen molar-refractivity contribution in [3.63, 3.8) is 0 Å². The molecule has 0 aromatic carbocycles. The number of ether oxygens (including phenoxy) is 1. The summed E-state index contributed by atoms with van der Waals surface area (Å²) in [5.41, 5.74) is -0.0306. The Balaban J connectivity index is 0. The zero-order valence-electron chi connectivity index (χ0n) is 12.1. The highest BCUT2D eigenvalue weighted by molar-refractivity contribution is 5.76. The average molecular weight is 245 g/mol. The summed E-state index contributed by atoms with van der Waals surface area (Å²) in [5.74, 6) is 0.172. The number of hydrogen-bond acceptors (Lipinski definition) is 2. The van der Waals surface area contributed by atoms with Crippen LogP contribution in [0.15, 0.2) is 0 Å². The summed E-state index contributed by atoms with van der Waals surface area (Å²) in [6.45, 7) is 11.0. The maximum atomic E-state index is 11.3. The smallest absolute Gasteiger partial charge is 0.220 e. The van der Waals surface area contributed by atoms with Crippen LogP contribution < -0.4 is 5.32 Å². The molecule has 0 bridgehead atoms. The van der Waals surface area contributed by atoms with Gasteiger partial charge in [-0.3, -0.25) is 4.79 Å². The Morgan fingerprint density at radius 3 is 2.29 bits per heavy atom. The van der Waals surface area contributed by atoms with Gasteiger partial charge < -0.3 is 10.1 Å². The fraction of sp³-hybridized carbons (Fsp3) is 0.929. The SMILES string of the molecule is CC(C)NC(=O)CCCCCCOC(C)(C)C.[HH]. The average Bonchev–Trinajstić information content (AvgIpc) is 2.13. The first-order chi connectivity index (χ1) is 7.81. The van der Waals surface area contributed by atoms with E-state index in [1.807, 2.05) is 13.8 Å². The Morgan fingerprint density at radius 2 is 1.76 bits per heavy atom. The lowest BCUT2D eigenvalue weighted by Crippen LogP contribution is -2.29. The van der Waals surface area contributed by atoms with Crippen LogP contribution in [-0.4, -0.2) is 24.2 Å². The normalized spacial score (nSPS) is 11.9. The van der Waals surface area contributed by atoms with Gasteiger partial charge in [-0.2, -0.15) is 0 Å². The zero-order chi connectivity index (χ0) is 13.3. The van der Waals surface area contributed by atoms with E-state index in [1.54, 1.807) is 0 Å². The molecule has 0 aromatic rings. The lowest BCUT2D eigenvalue weighted by atomic mass is 10.1. The van der Waals surface area contributed by atoms with Crippen molar-refractivity contribution in [1.82, 2.24) is 5.32 Å². The number of carbonyl (C=O) groups excluding carboxylic acids is 1. The molecule has 0 rings (SSSR count). The van der Waals surface area contributed by atoms with Crippen LogP contribution in [0, 0.1) is 0 Å². The molecule has 0 aliphatic heterocycles. The second kappa shape index (κ2) is 8.51. The van der Waals surface area contributed by atoms with Crippen molar-refractivity contribution < 1.29 is 11.0 Å². The van der Waals surface area contributed by atoms with Crippen LogP contribution in [0.4, 0.5) is 0 Å². The van der Waals surface area contributed by atoms with Crippen molar-refractivity contribution in [2.75, 3.05) is 6.61 Å². The van der Waals surface area contributed by atoms with Gasteiger partial charge in [-0.05, 0) is 47.5 Å². The molecule has 1 amide bonds. The Morgan fingerprint density at radius 1 is 1.18 bits per heavy atom. The Hall–Kier alpha value is -0.570. The predicted molar refractivity (Wildman–Crippen MR) is 74.2 cm³/mol. The van der Waals surface area contributed by atoms with Crippen LogP contribution >= 0.6 is 0 Å². The molecule has 0 saturated carbocycles. The number of unbranched alkanes of at least 4 members (excludes halogenated alkanes) is 3. The highest BCUT2D eigenvalue weighted by atomic mass is 16.5. The van der Waals surface area contributed by atoms with Crippen molar-refractivity contribution in [2.24, 2.45) is 0 Å². The molecule has 0 unspecified atom stereocenters.